The Morgan fingerprint density at radius 2 is 1.56 bits per heavy atom. The number of benzene rings is 2. The zero-order chi connectivity index (χ0) is 18.2. The summed E-state index contributed by atoms with van der Waals surface area (Å²) in [6.45, 7) is 12.2. The Morgan fingerprint density at radius 1 is 0.920 bits per heavy atom. The molecule has 25 heavy (non-hydrogen) atoms. The van der Waals surface area contributed by atoms with Gasteiger partial charge in [0.05, 0.1) is 13.2 Å². The van der Waals surface area contributed by atoms with Gasteiger partial charge in [-0.15, -0.1) is 0 Å². The van der Waals surface area contributed by atoms with E-state index < -0.39 is 0 Å². The van der Waals surface area contributed by atoms with Gasteiger partial charge in [-0.25, -0.2) is 0 Å². The van der Waals surface area contributed by atoms with Gasteiger partial charge in [0.25, 0.3) is 0 Å². The zero-order valence-electron chi connectivity index (χ0n) is 16.1. The minimum atomic E-state index is 0.0850. The standard InChI is InChI=1S/C22H31NO2/c1-16(2)13-14-24-21-11-9-20(10-12-21)23-15-19(5)25-22-17(3)7-6-8-18(22)4/h6-12,16,19,23H,13-15H2,1-5H3. The molecule has 0 aliphatic heterocycles. The van der Waals surface area contributed by atoms with E-state index >= 15 is 0 Å². The van der Waals surface area contributed by atoms with Crippen molar-refractivity contribution in [2.45, 2.75) is 47.1 Å². The summed E-state index contributed by atoms with van der Waals surface area (Å²) < 4.78 is 11.9. The number of ether oxygens (including phenoxy) is 2. The summed E-state index contributed by atoms with van der Waals surface area (Å²) in [5.41, 5.74) is 3.43. The largest absolute Gasteiger partial charge is 0.494 e. The molecule has 1 atom stereocenters. The molecule has 0 heterocycles. The molecule has 0 radical (unpaired) electrons. The van der Waals surface area contributed by atoms with Crippen LogP contribution in [0.5, 0.6) is 11.5 Å². The van der Waals surface area contributed by atoms with Crippen molar-refractivity contribution in [2.24, 2.45) is 5.92 Å². The van der Waals surface area contributed by atoms with E-state index in [0.29, 0.717) is 5.92 Å². The summed E-state index contributed by atoms with van der Waals surface area (Å²) in [7, 11) is 0. The van der Waals surface area contributed by atoms with Gasteiger partial charge in [-0.05, 0) is 68.5 Å². The zero-order valence-corrected chi connectivity index (χ0v) is 16.1. The average molecular weight is 341 g/mol. The lowest BCUT2D eigenvalue weighted by molar-refractivity contribution is 0.231. The first-order valence-corrected chi connectivity index (χ1v) is 9.15. The van der Waals surface area contributed by atoms with Crippen LogP contribution in [0.3, 0.4) is 0 Å². The third-order valence-corrected chi connectivity index (χ3v) is 4.14. The fourth-order valence-corrected chi connectivity index (χ4v) is 2.57. The first kappa shape index (κ1) is 19.2. The van der Waals surface area contributed by atoms with Crippen molar-refractivity contribution in [3.8, 4) is 11.5 Å². The number of hydrogen-bond donors (Lipinski definition) is 1. The van der Waals surface area contributed by atoms with E-state index in [2.05, 4.69) is 70.3 Å². The van der Waals surface area contributed by atoms with Crippen molar-refractivity contribution in [1.82, 2.24) is 0 Å². The second kappa shape index (κ2) is 9.36. The maximum absolute atomic E-state index is 6.11. The normalized spacial score (nSPS) is 12.1. The van der Waals surface area contributed by atoms with E-state index in [-0.39, 0.29) is 6.10 Å². The van der Waals surface area contributed by atoms with E-state index in [1.807, 2.05) is 12.1 Å². The molecule has 0 spiro atoms. The molecular formula is C22H31NO2. The summed E-state index contributed by atoms with van der Waals surface area (Å²) in [5.74, 6) is 2.58. The van der Waals surface area contributed by atoms with E-state index in [9.17, 15) is 0 Å². The minimum absolute atomic E-state index is 0.0850. The third-order valence-electron chi connectivity index (χ3n) is 4.14. The van der Waals surface area contributed by atoms with Crippen molar-refractivity contribution in [3.63, 3.8) is 0 Å². The van der Waals surface area contributed by atoms with Crippen molar-refractivity contribution in [1.29, 1.82) is 0 Å². The summed E-state index contributed by atoms with van der Waals surface area (Å²) in [6, 6.07) is 14.4. The van der Waals surface area contributed by atoms with E-state index in [0.717, 1.165) is 36.8 Å². The number of anilines is 1. The number of rotatable bonds is 9. The number of nitrogens with one attached hydrogen (secondary N) is 1. The molecule has 1 unspecified atom stereocenters. The van der Waals surface area contributed by atoms with Gasteiger partial charge >= 0.3 is 0 Å². The fraction of sp³-hybridized carbons (Fsp3) is 0.455. The molecule has 0 saturated heterocycles. The molecule has 0 bridgehead atoms. The molecule has 1 N–H and O–H groups in total. The Labute approximate surface area is 152 Å². The highest BCUT2D eigenvalue weighted by Crippen LogP contribution is 2.24. The summed E-state index contributed by atoms with van der Waals surface area (Å²) in [4.78, 5) is 0. The summed E-state index contributed by atoms with van der Waals surface area (Å²) in [6.07, 6.45) is 1.16. The average Bonchev–Trinajstić information content (AvgIpc) is 2.57. The molecular weight excluding hydrogens is 310 g/mol. The second-order valence-electron chi connectivity index (χ2n) is 7.09. The predicted molar refractivity (Wildman–Crippen MR) is 106 cm³/mol. The maximum Gasteiger partial charge on any atom is 0.125 e. The highest BCUT2D eigenvalue weighted by atomic mass is 16.5. The van der Waals surface area contributed by atoms with Crippen LogP contribution in [0.15, 0.2) is 42.5 Å². The van der Waals surface area contributed by atoms with Crippen molar-refractivity contribution in [2.75, 3.05) is 18.5 Å². The molecule has 0 amide bonds. The molecule has 3 nitrogen and oxygen atoms in total. The van der Waals surface area contributed by atoms with Crippen LogP contribution in [-0.2, 0) is 0 Å². The quantitative estimate of drug-likeness (QED) is 0.643. The van der Waals surface area contributed by atoms with Crippen LogP contribution in [-0.4, -0.2) is 19.3 Å². The monoisotopic (exact) mass is 341 g/mol. The summed E-state index contributed by atoms with van der Waals surface area (Å²) in [5, 5.41) is 3.42. The topological polar surface area (TPSA) is 30.5 Å². The van der Waals surface area contributed by atoms with Gasteiger partial charge in [-0.3, -0.25) is 0 Å². The number of hydrogen-bond acceptors (Lipinski definition) is 3. The van der Waals surface area contributed by atoms with Gasteiger partial charge in [0, 0.05) is 5.69 Å². The lowest BCUT2D eigenvalue weighted by Crippen LogP contribution is -2.23. The van der Waals surface area contributed by atoms with Crippen LogP contribution in [0.4, 0.5) is 5.69 Å². The molecule has 3 heteroatoms. The molecule has 0 fully saturated rings. The third kappa shape index (κ3) is 6.33. The molecule has 136 valence electrons. The lowest BCUT2D eigenvalue weighted by atomic mass is 10.1. The number of aryl methyl sites for hydroxylation is 2. The van der Waals surface area contributed by atoms with E-state index in [1.165, 1.54) is 11.1 Å². The first-order chi connectivity index (χ1) is 12.0. The van der Waals surface area contributed by atoms with Crippen molar-refractivity contribution >= 4 is 5.69 Å². The van der Waals surface area contributed by atoms with Gasteiger partial charge in [0.15, 0.2) is 0 Å². The lowest BCUT2D eigenvalue weighted by Gasteiger charge is -2.19. The van der Waals surface area contributed by atoms with Crippen LogP contribution in [0.1, 0.15) is 38.3 Å². The Bertz CT molecular complexity index is 629. The molecule has 0 saturated carbocycles. The van der Waals surface area contributed by atoms with Gasteiger partial charge < -0.3 is 14.8 Å². The van der Waals surface area contributed by atoms with Gasteiger partial charge in [-0.1, -0.05) is 32.0 Å². The van der Waals surface area contributed by atoms with Crippen LogP contribution in [0, 0.1) is 19.8 Å². The predicted octanol–water partition coefficient (Wildman–Crippen LogP) is 5.61. The van der Waals surface area contributed by atoms with Crippen LogP contribution < -0.4 is 14.8 Å². The molecule has 2 rings (SSSR count). The highest BCUT2D eigenvalue weighted by Gasteiger charge is 2.09. The molecule has 0 aliphatic rings. The van der Waals surface area contributed by atoms with Crippen LogP contribution in [0.25, 0.3) is 0 Å². The SMILES string of the molecule is Cc1cccc(C)c1OC(C)CNc1ccc(OCCC(C)C)cc1. The number of para-hydroxylation sites is 1. The van der Waals surface area contributed by atoms with Gasteiger partial charge in [0.1, 0.15) is 17.6 Å². The minimum Gasteiger partial charge on any atom is -0.494 e. The van der Waals surface area contributed by atoms with E-state index in [1.54, 1.807) is 0 Å². The maximum atomic E-state index is 6.11. The Balaban J connectivity index is 1.80. The highest BCUT2D eigenvalue weighted by molar-refractivity contribution is 5.46. The second-order valence-corrected chi connectivity index (χ2v) is 7.09. The fourth-order valence-electron chi connectivity index (χ4n) is 2.57. The first-order valence-electron chi connectivity index (χ1n) is 9.15. The Kier molecular flexibility index (Phi) is 7.17. The van der Waals surface area contributed by atoms with E-state index in [4.69, 9.17) is 9.47 Å². The molecule has 2 aromatic carbocycles. The Hall–Kier alpha value is -2.16. The smallest absolute Gasteiger partial charge is 0.125 e. The van der Waals surface area contributed by atoms with Crippen molar-refractivity contribution < 1.29 is 9.47 Å². The van der Waals surface area contributed by atoms with Crippen molar-refractivity contribution in [3.05, 3.63) is 53.6 Å². The van der Waals surface area contributed by atoms with Crippen LogP contribution >= 0.6 is 0 Å². The van der Waals surface area contributed by atoms with Gasteiger partial charge in [-0.2, -0.15) is 0 Å². The molecule has 2 aromatic rings. The molecule has 0 aliphatic carbocycles. The Morgan fingerprint density at radius 3 is 2.16 bits per heavy atom. The summed E-state index contributed by atoms with van der Waals surface area (Å²) >= 11 is 0. The van der Waals surface area contributed by atoms with Gasteiger partial charge in [0.2, 0.25) is 0 Å². The van der Waals surface area contributed by atoms with Crippen LogP contribution in [0.2, 0.25) is 0 Å². The molecule has 0 aromatic heterocycles.